The lowest BCUT2D eigenvalue weighted by Gasteiger charge is -2.38. The standard InChI is InChI=1S/C11H9ClF2/c12-11(6-8(7-11)10(13)14)9-4-2-1-3-5-9/h1-5H,6-7H2. The summed E-state index contributed by atoms with van der Waals surface area (Å²) in [6.45, 7) is 0. The third-order valence-corrected chi connectivity index (χ3v) is 3.03. The fourth-order valence-corrected chi connectivity index (χ4v) is 2.15. The number of hydrogen-bond donors (Lipinski definition) is 0. The normalized spacial score (nSPS) is 25.8. The molecular weight excluding hydrogens is 206 g/mol. The van der Waals surface area contributed by atoms with Crippen LogP contribution in [0.15, 0.2) is 42.0 Å². The Morgan fingerprint density at radius 2 is 1.71 bits per heavy atom. The minimum Gasteiger partial charge on any atom is -0.173 e. The molecule has 1 aliphatic rings. The second-order valence-corrected chi connectivity index (χ2v) is 4.27. The van der Waals surface area contributed by atoms with E-state index in [1.54, 1.807) is 0 Å². The first-order valence-corrected chi connectivity index (χ1v) is 4.77. The SMILES string of the molecule is FC(F)=C1CC(Cl)(c2ccccc2)C1. The van der Waals surface area contributed by atoms with E-state index in [9.17, 15) is 8.78 Å². The van der Waals surface area contributed by atoms with E-state index in [1.807, 2.05) is 30.3 Å². The van der Waals surface area contributed by atoms with Crippen molar-refractivity contribution in [3.8, 4) is 0 Å². The van der Waals surface area contributed by atoms with Crippen molar-refractivity contribution in [2.75, 3.05) is 0 Å². The highest BCUT2D eigenvalue weighted by Crippen LogP contribution is 2.52. The van der Waals surface area contributed by atoms with Gasteiger partial charge >= 0.3 is 0 Å². The molecule has 0 heterocycles. The smallest absolute Gasteiger partial charge is 0.173 e. The first-order valence-electron chi connectivity index (χ1n) is 4.39. The third kappa shape index (κ3) is 1.55. The zero-order valence-corrected chi connectivity index (χ0v) is 8.19. The van der Waals surface area contributed by atoms with Crippen LogP contribution in [0.3, 0.4) is 0 Å². The highest BCUT2D eigenvalue weighted by molar-refractivity contribution is 6.25. The Kier molecular flexibility index (Phi) is 2.31. The summed E-state index contributed by atoms with van der Waals surface area (Å²) in [5.74, 6) is 0. The topological polar surface area (TPSA) is 0 Å². The highest BCUT2D eigenvalue weighted by Gasteiger charge is 2.42. The van der Waals surface area contributed by atoms with Gasteiger partial charge in [-0.3, -0.25) is 0 Å². The fourth-order valence-electron chi connectivity index (χ4n) is 1.70. The van der Waals surface area contributed by atoms with Crippen LogP contribution in [0.4, 0.5) is 8.78 Å². The number of rotatable bonds is 1. The lowest BCUT2D eigenvalue weighted by atomic mass is 9.75. The summed E-state index contributed by atoms with van der Waals surface area (Å²) in [7, 11) is 0. The van der Waals surface area contributed by atoms with Crippen molar-refractivity contribution in [2.24, 2.45) is 0 Å². The van der Waals surface area contributed by atoms with Crippen LogP contribution < -0.4 is 0 Å². The van der Waals surface area contributed by atoms with E-state index in [2.05, 4.69) is 0 Å². The summed E-state index contributed by atoms with van der Waals surface area (Å²) in [4.78, 5) is -0.597. The average Bonchev–Trinajstić information content (AvgIpc) is 2.14. The zero-order chi connectivity index (χ0) is 10.2. The summed E-state index contributed by atoms with van der Waals surface area (Å²) < 4.78 is 24.3. The van der Waals surface area contributed by atoms with Crippen LogP contribution in [-0.2, 0) is 4.87 Å². The highest BCUT2D eigenvalue weighted by atomic mass is 35.5. The van der Waals surface area contributed by atoms with Gasteiger partial charge in [0.2, 0.25) is 0 Å². The van der Waals surface area contributed by atoms with Crippen LogP contribution in [0.1, 0.15) is 18.4 Å². The minimum absolute atomic E-state index is 0.184. The van der Waals surface area contributed by atoms with E-state index in [0.717, 1.165) is 5.56 Å². The van der Waals surface area contributed by atoms with Crippen molar-refractivity contribution in [1.29, 1.82) is 0 Å². The number of benzene rings is 1. The lowest BCUT2D eigenvalue weighted by molar-refractivity contribution is 0.359. The number of hydrogen-bond acceptors (Lipinski definition) is 0. The van der Waals surface area contributed by atoms with Gasteiger partial charge in [0, 0.05) is 0 Å². The van der Waals surface area contributed by atoms with Gasteiger partial charge in [0.1, 0.15) is 0 Å². The molecule has 0 radical (unpaired) electrons. The molecule has 2 rings (SSSR count). The molecule has 1 fully saturated rings. The Bertz CT molecular complexity index is 358. The number of alkyl halides is 1. The van der Waals surface area contributed by atoms with Crippen LogP contribution in [0.2, 0.25) is 0 Å². The molecule has 0 aromatic heterocycles. The van der Waals surface area contributed by atoms with Gasteiger partial charge < -0.3 is 0 Å². The molecule has 0 nitrogen and oxygen atoms in total. The molecule has 1 aromatic carbocycles. The molecule has 0 N–H and O–H groups in total. The van der Waals surface area contributed by atoms with Gasteiger partial charge in [-0.1, -0.05) is 30.3 Å². The summed E-state index contributed by atoms with van der Waals surface area (Å²) in [6, 6.07) is 9.37. The van der Waals surface area contributed by atoms with E-state index < -0.39 is 11.0 Å². The second kappa shape index (κ2) is 3.35. The molecule has 74 valence electrons. The molecule has 0 amide bonds. The molecule has 0 spiro atoms. The van der Waals surface area contributed by atoms with E-state index in [1.165, 1.54) is 0 Å². The molecule has 0 saturated heterocycles. The van der Waals surface area contributed by atoms with Gasteiger partial charge in [0.15, 0.2) is 0 Å². The number of halogens is 3. The maximum atomic E-state index is 12.2. The first-order chi connectivity index (χ1) is 6.62. The van der Waals surface area contributed by atoms with Gasteiger partial charge in [0.05, 0.1) is 4.87 Å². The van der Waals surface area contributed by atoms with Gasteiger partial charge in [0.25, 0.3) is 6.08 Å². The van der Waals surface area contributed by atoms with E-state index in [-0.39, 0.29) is 18.4 Å². The predicted octanol–water partition coefficient (Wildman–Crippen LogP) is 4.07. The molecule has 1 saturated carbocycles. The average molecular weight is 215 g/mol. The molecule has 0 aliphatic heterocycles. The van der Waals surface area contributed by atoms with Gasteiger partial charge in [-0.05, 0) is 24.0 Å². The first kappa shape index (κ1) is 9.66. The lowest BCUT2D eigenvalue weighted by Crippen LogP contribution is -2.30. The van der Waals surface area contributed by atoms with E-state index >= 15 is 0 Å². The number of allylic oxidation sites excluding steroid dienone is 1. The van der Waals surface area contributed by atoms with Crippen LogP contribution in [0.5, 0.6) is 0 Å². The van der Waals surface area contributed by atoms with Crippen molar-refractivity contribution in [3.05, 3.63) is 47.5 Å². The predicted molar refractivity (Wildman–Crippen MR) is 52.4 cm³/mol. The molecule has 1 aromatic rings. The second-order valence-electron chi connectivity index (χ2n) is 3.55. The summed E-state index contributed by atoms with van der Waals surface area (Å²) in [5, 5.41) is 0. The Labute approximate surface area is 86.2 Å². The van der Waals surface area contributed by atoms with Crippen molar-refractivity contribution >= 4 is 11.6 Å². The summed E-state index contributed by atoms with van der Waals surface area (Å²) >= 11 is 6.20. The van der Waals surface area contributed by atoms with E-state index in [0.29, 0.717) is 0 Å². The van der Waals surface area contributed by atoms with Crippen molar-refractivity contribution in [3.63, 3.8) is 0 Å². The molecule has 14 heavy (non-hydrogen) atoms. The Hall–Kier alpha value is -0.890. The minimum atomic E-state index is -1.57. The maximum absolute atomic E-state index is 12.2. The fraction of sp³-hybridized carbons (Fsp3) is 0.273. The Morgan fingerprint density at radius 1 is 1.14 bits per heavy atom. The zero-order valence-electron chi connectivity index (χ0n) is 7.43. The van der Waals surface area contributed by atoms with Crippen molar-refractivity contribution in [1.82, 2.24) is 0 Å². The Morgan fingerprint density at radius 3 is 2.21 bits per heavy atom. The van der Waals surface area contributed by atoms with E-state index in [4.69, 9.17) is 11.6 Å². The van der Waals surface area contributed by atoms with Crippen LogP contribution >= 0.6 is 11.6 Å². The molecule has 0 atom stereocenters. The van der Waals surface area contributed by atoms with Gasteiger partial charge in [-0.25, -0.2) is 0 Å². The van der Waals surface area contributed by atoms with Crippen LogP contribution in [0.25, 0.3) is 0 Å². The quantitative estimate of drug-likeness (QED) is 0.619. The van der Waals surface area contributed by atoms with Crippen molar-refractivity contribution in [2.45, 2.75) is 17.7 Å². The molecule has 3 heteroatoms. The largest absolute Gasteiger partial charge is 0.269 e. The third-order valence-electron chi connectivity index (χ3n) is 2.55. The molecular formula is C11H9ClF2. The van der Waals surface area contributed by atoms with Gasteiger partial charge in [-0.2, -0.15) is 8.78 Å². The maximum Gasteiger partial charge on any atom is 0.269 e. The van der Waals surface area contributed by atoms with Gasteiger partial charge in [-0.15, -0.1) is 11.6 Å². The van der Waals surface area contributed by atoms with Crippen molar-refractivity contribution < 1.29 is 8.78 Å². The molecule has 0 unspecified atom stereocenters. The molecule has 0 bridgehead atoms. The molecule has 1 aliphatic carbocycles. The summed E-state index contributed by atoms with van der Waals surface area (Å²) in [5.41, 5.74) is 1.11. The Balaban J connectivity index is 2.20. The summed E-state index contributed by atoms with van der Waals surface area (Å²) in [6.07, 6.45) is -1.04. The monoisotopic (exact) mass is 214 g/mol. The van der Waals surface area contributed by atoms with Crippen LogP contribution in [-0.4, -0.2) is 0 Å². The van der Waals surface area contributed by atoms with Crippen LogP contribution in [0, 0.1) is 0 Å².